The number of hydrogen-bond acceptors (Lipinski definition) is 3. The zero-order valence-electron chi connectivity index (χ0n) is 9.95. The Bertz CT molecular complexity index is 319. The zero-order chi connectivity index (χ0) is 11.8. The number of ketones is 1. The van der Waals surface area contributed by atoms with Crippen molar-refractivity contribution in [3.05, 3.63) is 29.8 Å². The third-order valence-electron chi connectivity index (χ3n) is 2.20. The molecule has 1 N–H and O–H groups in total. The van der Waals surface area contributed by atoms with Crippen LogP contribution in [0.25, 0.3) is 0 Å². The quantitative estimate of drug-likeness (QED) is 0.714. The lowest BCUT2D eigenvalue weighted by molar-refractivity contribution is -0.116. The van der Waals surface area contributed by atoms with E-state index in [2.05, 4.69) is 17.4 Å². The molecule has 0 fully saturated rings. The Morgan fingerprint density at radius 3 is 2.56 bits per heavy atom. The summed E-state index contributed by atoms with van der Waals surface area (Å²) < 4.78 is 5.36. The zero-order valence-corrected chi connectivity index (χ0v) is 9.95. The molecule has 0 bridgehead atoms. The summed E-state index contributed by atoms with van der Waals surface area (Å²) in [6.45, 7) is 5.54. The van der Waals surface area contributed by atoms with Crippen LogP contribution in [-0.2, 0) is 11.2 Å². The first-order valence-electron chi connectivity index (χ1n) is 5.64. The number of Topliss-reactive ketones (excluding diaryl/α,β-unsaturated/α-hetero) is 1. The average molecular weight is 221 g/mol. The Hall–Kier alpha value is -1.35. The van der Waals surface area contributed by atoms with E-state index in [0.29, 0.717) is 13.2 Å². The predicted molar refractivity (Wildman–Crippen MR) is 64.9 cm³/mol. The maximum absolute atomic E-state index is 10.7. The van der Waals surface area contributed by atoms with E-state index in [1.807, 2.05) is 19.1 Å². The summed E-state index contributed by atoms with van der Waals surface area (Å²) in [6.07, 6.45) is 0.930. The highest BCUT2D eigenvalue weighted by molar-refractivity contribution is 5.77. The van der Waals surface area contributed by atoms with Gasteiger partial charge in [0.1, 0.15) is 11.5 Å². The number of hydrogen-bond donors (Lipinski definition) is 1. The van der Waals surface area contributed by atoms with Gasteiger partial charge in [0.2, 0.25) is 0 Å². The highest BCUT2D eigenvalue weighted by Crippen LogP contribution is 2.11. The minimum atomic E-state index is 0.173. The van der Waals surface area contributed by atoms with Crippen molar-refractivity contribution in [2.24, 2.45) is 0 Å². The fourth-order valence-corrected chi connectivity index (χ4v) is 1.42. The van der Waals surface area contributed by atoms with Crippen LogP contribution in [0.2, 0.25) is 0 Å². The maximum Gasteiger partial charge on any atom is 0.143 e. The second-order valence-electron chi connectivity index (χ2n) is 3.71. The molecule has 0 atom stereocenters. The largest absolute Gasteiger partial charge is 0.494 e. The van der Waals surface area contributed by atoms with Crippen LogP contribution in [0.4, 0.5) is 0 Å². The molecule has 0 spiro atoms. The molecule has 0 aromatic heterocycles. The van der Waals surface area contributed by atoms with Gasteiger partial charge in [-0.25, -0.2) is 0 Å². The summed E-state index contributed by atoms with van der Waals surface area (Å²) in [5.74, 6) is 1.08. The Kier molecular flexibility index (Phi) is 5.57. The summed E-state index contributed by atoms with van der Waals surface area (Å²) in [6, 6.07) is 8.06. The molecule has 0 saturated heterocycles. The van der Waals surface area contributed by atoms with E-state index in [-0.39, 0.29) is 5.78 Å². The summed E-state index contributed by atoms with van der Waals surface area (Å²) in [5, 5.41) is 3.09. The Morgan fingerprint density at radius 2 is 2.00 bits per heavy atom. The van der Waals surface area contributed by atoms with Crippen molar-refractivity contribution >= 4 is 5.78 Å². The lowest BCUT2D eigenvalue weighted by atomic mass is 10.1. The molecular weight excluding hydrogens is 202 g/mol. The first-order chi connectivity index (χ1) is 7.72. The van der Waals surface area contributed by atoms with Crippen LogP contribution >= 0.6 is 0 Å². The minimum Gasteiger partial charge on any atom is -0.494 e. The Morgan fingerprint density at radius 1 is 1.31 bits per heavy atom. The highest BCUT2D eigenvalue weighted by Gasteiger charge is 1.96. The van der Waals surface area contributed by atoms with Crippen molar-refractivity contribution in [3.63, 3.8) is 0 Å². The van der Waals surface area contributed by atoms with E-state index < -0.39 is 0 Å². The molecule has 3 nitrogen and oxygen atoms in total. The van der Waals surface area contributed by atoms with Gasteiger partial charge in [-0.1, -0.05) is 12.1 Å². The lowest BCUT2D eigenvalue weighted by Crippen LogP contribution is -2.23. The molecule has 0 radical (unpaired) electrons. The third kappa shape index (κ3) is 4.94. The lowest BCUT2D eigenvalue weighted by Gasteiger charge is -2.05. The molecule has 0 unspecified atom stereocenters. The molecule has 3 heteroatoms. The SMILES string of the molecule is CCOc1ccc(CCNCC(C)=O)cc1. The van der Waals surface area contributed by atoms with E-state index >= 15 is 0 Å². The van der Waals surface area contributed by atoms with Gasteiger partial charge in [0.05, 0.1) is 13.2 Å². The summed E-state index contributed by atoms with van der Waals surface area (Å²) in [7, 11) is 0. The van der Waals surface area contributed by atoms with Gasteiger partial charge in [-0.3, -0.25) is 4.79 Å². The van der Waals surface area contributed by atoms with Crippen LogP contribution in [0, 0.1) is 0 Å². The van der Waals surface area contributed by atoms with Gasteiger partial charge in [0.15, 0.2) is 0 Å². The second-order valence-corrected chi connectivity index (χ2v) is 3.71. The first kappa shape index (κ1) is 12.7. The molecule has 0 aliphatic rings. The molecule has 0 amide bonds. The molecular formula is C13H19NO2. The van der Waals surface area contributed by atoms with Crippen molar-refractivity contribution < 1.29 is 9.53 Å². The van der Waals surface area contributed by atoms with Crippen LogP contribution in [0.3, 0.4) is 0 Å². The molecule has 0 aliphatic heterocycles. The molecule has 1 aromatic rings. The molecule has 1 rings (SSSR count). The van der Waals surface area contributed by atoms with Gasteiger partial charge in [0, 0.05) is 0 Å². The molecule has 1 aromatic carbocycles. The van der Waals surface area contributed by atoms with Gasteiger partial charge in [-0.05, 0) is 44.5 Å². The van der Waals surface area contributed by atoms with Crippen molar-refractivity contribution in [3.8, 4) is 5.75 Å². The van der Waals surface area contributed by atoms with Crippen LogP contribution in [0.5, 0.6) is 5.75 Å². The fraction of sp³-hybridized carbons (Fsp3) is 0.462. The Labute approximate surface area is 96.8 Å². The minimum absolute atomic E-state index is 0.173. The van der Waals surface area contributed by atoms with Crippen molar-refractivity contribution in [2.75, 3.05) is 19.7 Å². The predicted octanol–water partition coefficient (Wildman–Crippen LogP) is 1.81. The fourth-order valence-electron chi connectivity index (χ4n) is 1.42. The average Bonchev–Trinajstić information content (AvgIpc) is 2.27. The van der Waals surface area contributed by atoms with Crippen LogP contribution < -0.4 is 10.1 Å². The smallest absolute Gasteiger partial charge is 0.143 e. The number of benzene rings is 1. The molecule has 0 saturated carbocycles. The summed E-state index contributed by atoms with van der Waals surface area (Å²) in [4.78, 5) is 10.7. The van der Waals surface area contributed by atoms with Crippen molar-refractivity contribution in [1.82, 2.24) is 5.32 Å². The third-order valence-corrected chi connectivity index (χ3v) is 2.20. The van der Waals surface area contributed by atoms with E-state index in [1.54, 1.807) is 6.92 Å². The van der Waals surface area contributed by atoms with Gasteiger partial charge in [0.25, 0.3) is 0 Å². The number of rotatable bonds is 7. The second kappa shape index (κ2) is 7.01. The van der Waals surface area contributed by atoms with Crippen LogP contribution in [-0.4, -0.2) is 25.5 Å². The monoisotopic (exact) mass is 221 g/mol. The van der Waals surface area contributed by atoms with E-state index in [9.17, 15) is 4.79 Å². The van der Waals surface area contributed by atoms with Crippen LogP contribution in [0.1, 0.15) is 19.4 Å². The van der Waals surface area contributed by atoms with Crippen molar-refractivity contribution in [2.45, 2.75) is 20.3 Å². The topological polar surface area (TPSA) is 38.3 Å². The number of nitrogens with one attached hydrogen (secondary N) is 1. The summed E-state index contributed by atoms with van der Waals surface area (Å²) >= 11 is 0. The Balaban J connectivity index is 2.29. The highest BCUT2D eigenvalue weighted by atomic mass is 16.5. The molecule has 0 aliphatic carbocycles. The number of carbonyl (C=O) groups excluding carboxylic acids is 1. The van der Waals surface area contributed by atoms with Crippen LogP contribution in [0.15, 0.2) is 24.3 Å². The van der Waals surface area contributed by atoms with Gasteiger partial charge in [-0.2, -0.15) is 0 Å². The number of carbonyl (C=O) groups is 1. The van der Waals surface area contributed by atoms with E-state index in [4.69, 9.17) is 4.74 Å². The van der Waals surface area contributed by atoms with Crippen molar-refractivity contribution in [1.29, 1.82) is 0 Å². The molecule has 88 valence electrons. The summed E-state index contributed by atoms with van der Waals surface area (Å²) in [5.41, 5.74) is 1.25. The van der Waals surface area contributed by atoms with Gasteiger partial charge in [-0.15, -0.1) is 0 Å². The van der Waals surface area contributed by atoms with E-state index in [0.717, 1.165) is 18.7 Å². The number of ether oxygens (including phenoxy) is 1. The molecule has 0 heterocycles. The van der Waals surface area contributed by atoms with E-state index in [1.165, 1.54) is 5.56 Å². The van der Waals surface area contributed by atoms with Gasteiger partial charge < -0.3 is 10.1 Å². The standard InChI is InChI=1S/C13H19NO2/c1-3-16-13-6-4-12(5-7-13)8-9-14-10-11(2)15/h4-7,14H,3,8-10H2,1-2H3. The molecule has 16 heavy (non-hydrogen) atoms. The maximum atomic E-state index is 10.7. The normalized spacial score (nSPS) is 10.1. The first-order valence-corrected chi connectivity index (χ1v) is 5.64. The van der Waals surface area contributed by atoms with Gasteiger partial charge >= 0.3 is 0 Å².